The Balaban J connectivity index is 1.68. The Hall–Kier alpha value is -2.19. The van der Waals surface area contributed by atoms with Crippen molar-refractivity contribution in [3.05, 3.63) is 63.4 Å². The molecular weight excluding hydrogens is 516 g/mol. The number of hydrogen-bond acceptors (Lipinski definition) is 4. The Morgan fingerprint density at radius 1 is 1.22 bits per heavy atom. The Morgan fingerprint density at radius 3 is 2.54 bits per heavy atom. The fraction of sp³-hybridized carbons (Fsp3) is 0.500. The van der Waals surface area contributed by atoms with E-state index in [1.54, 1.807) is 25.1 Å². The van der Waals surface area contributed by atoms with Gasteiger partial charge in [-0.2, -0.15) is 0 Å². The van der Waals surface area contributed by atoms with Crippen LogP contribution in [0.2, 0.25) is 10.0 Å². The third-order valence-corrected chi connectivity index (χ3v) is 8.43. The van der Waals surface area contributed by atoms with E-state index >= 15 is 0 Å². The molecule has 4 N–H and O–H groups in total. The van der Waals surface area contributed by atoms with E-state index in [9.17, 15) is 19.1 Å². The van der Waals surface area contributed by atoms with Gasteiger partial charge in [-0.3, -0.25) is 9.59 Å². The molecule has 2 aliphatic heterocycles. The van der Waals surface area contributed by atoms with Crippen LogP contribution < -0.4 is 16.0 Å². The number of carbonyl (C=O) groups excluding carboxylic acids is 2. The first kappa shape index (κ1) is 26.4. The van der Waals surface area contributed by atoms with Gasteiger partial charge < -0.3 is 21.1 Å². The lowest BCUT2D eigenvalue weighted by molar-refractivity contribution is -0.127. The molecule has 2 heterocycles. The standard InChI is InChI=1S/C28H32Cl2FN3O3/c1-26(2,3)13-21-28(17-9-19(31)18(30)10-20(17)33-25(28)36)22(14-6-5-7-15(29)8-14)23(34-21)24(35)32-16-11-27(4,37)12-16/h5-10,16,21-23,34,37H,11-13H2,1-4H3,(H,32,35)(H,33,36)/t16-,21-,22+,23-,27+,28+/m1/s1. The first-order chi connectivity index (χ1) is 17.2. The van der Waals surface area contributed by atoms with Gasteiger partial charge in [-0.05, 0) is 67.0 Å². The molecule has 0 unspecified atom stereocenters. The van der Waals surface area contributed by atoms with E-state index in [2.05, 4.69) is 36.7 Å². The van der Waals surface area contributed by atoms with Crippen LogP contribution in [0.4, 0.5) is 10.1 Å². The molecule has 9 heteroatoms. The lowest BCUT2D eigenvalue weighted by atomic mass is 9.62. The largest absolute Gasteiger partial charge is 0.390 e. The zero-order chi connectivity index (χ0) is 26.9. The van der Waals surface area contributed by atoms with Crippen LogP contribution in [-0.2, 0) is 15.0 Å². The molecule has 1 aliphatic carbocycles. The molecule has 1 saturated heterocycles. The molecule has 1 spiro atoms. The number of nitrogens with one attached hydrogen (secondary N) is 3. The summed E-state index contributed by atoms with van der Waals surface area (Å²) in [7, 11) is 0. The summed E-state index contributed by atoms with van der Waals surface area (Å²) in [6, 6.07) is 8.46. The monoisotopic (exact) mass is 547 g/mol. The highest BCUT2D eigenvalue weighted by Gasteiger charge is 2.66. The van der Waals surface area contributed by atoms with E-state index in [0.29, 0.717) is 41.1 Å². The van der Waals surface area contributed by atoms with Gasteiger partial charge in [0, 0.05) is 28.7 Å². The summed E-state index contributed by atoms with van der Waals surface area (Å²) >= 11 is 12.5. The summed E-state index contributed by atoms with van der Waals surface area (Å²) in [4.78, 5) is 27.9. The number of carbonyl (C=O) groups is 2. The van der Waals surface area contributed by atoms with Crippen molar-refractivity contribution in [1.29, 1.82) is 0 Å². The topological polar surface area (TPSA) is 90.5 Å². The highest BCUT2D eigenvalue weighted by atomic mass is 35.5. The SMILES string of the molecule is CC(C)(C)C[C@H]1N[C@@H](C(=O)N[C@H]2C[C@@](C)(O)C2)[C@H](c2cccc(Cl)c2)[C@@]12C(=O)Nc1cc(Cl)c(F)cc12. The summed E-state index contributed by atoms with van der Waals surface area (Å²) < 4.78 is 14.9. The molecule has 5 rings (SSSR count). The summed E-state index contributed by atoms with van der Waals surface area (Å²) in [5.41, 5.74) is -0.671. The average molecular weight is 548 g/mol. The van der Waals surface area contributed by atoms with Crippen molar-refractivity contribution in [3.63, 3.8) is 0 Å². The predicted molar refractivity (Wildman–Crippen MR) is 142 cm³/mol. The average Bonchev–Trinajstić information content (AvgIpc) is 3.22. The van der Waals surface area contributed by atoms with Gasteiger partial charge in [0.1, 0.15) is 11.2 Å². The van der Waals surface area contributed by atoms with Gasteiger partial charge in [-0.1, -0.05) is 56.1 Å². The van der Waals surface area contributed by atoms with Crippen LogP contribution in [0.1, 0.15) is 64.0 Å². The van der Waals surface area contributed by atoms with Gasteiger partial charge in [0.2, 0.25) is 11.8 Å². The molecule has 37 heavy (non-hydrogen) atoms. The van der Waals surface area contributed by atoms with E-state index in [-0.39, 0.29) is 28.3 Å². The predicted octanol–water partition coefficient (Wildman–Crippen LogP) is 4.91. The Kier molecular flexibility index (Phi) is 6.38. The van der Waals surface area contributed by atoms with Gasteiger partial charge in [-0.15, -0.1) is 0 Å². The normalized spacial score (nSPS) is 32.7. The Morgan fingerprint density at radius 2 is 1.92 bits per heavy atom. The molecule has 2 aromatic rings. The third-order valence-electron chi connectivity index (χ3n) is 7.91. The van der Waals surface area contributed by atoms with E-state index in [1.165, 1.54) is 12.1 Å². The molecule has 2 fully saturated rings. The Labute approximate surface area is 226 Å². The van der Waals surface area contributed by atoms with E-state index in [1.807, 2.05) is 6.07 Å². The maximum absolute atomic E-state index is 14.9. The lowest BCUT2D eigenvalue weighted by Gasteiger charge is -2.42. The smallest absolute Gasteiger partial charge is 0.238 e. The number of rotatable bonds is 4. The van der Waals surface area contributed by atoms with Crippen LogP contribution in [-0.4, -0.2) is 40.6 Å². The fourth-order valence-electron chi connectivity index (χ4n) is 6.53. The molecule has 1 saturated carbocycles. The molecule has 4 atom stereocenters. The second kappa shape index (κ2) is 8.94. The van der Waals surface area contributed by atoms with Gasteiger partial charge in [0.05, 0.1) is 16.7 Å². The number of benzene rings is 2. The van der Waals surface area contributed by atoms with Gasteiger partial charge in [0.15, 0.2) is 0 Å². The summed E-state index contributed by atoms with van der Waals surface area (Å²) in [5, 5.41) is 20.0. The molecule has 0 radical (unpaired) electrons. The number of amides is 2. The zero-order valence-corrected chi connectivity index (χ0v) is 22.8. The van der Waals surface area contributed by atoms with Crippen LogP contribution >= 0.6 is 23.2 Å². The van der Waals surface area contributed by atoms with Crippen molar-refractivity contribution in [2.75, 3.05) is 5.32 Å². The number of aliphatic hydroxyl groups is 1. The maximum Gasteiger partial charge on any atom is 0.238 e. The second-order valence-electron chi connectivity index (χ2n) is 12.2. The molecule has 2 amide bonds. The minimum Gasteiger partial charge on any atom is -0.390 e. The quantitative estimate of drug-likeness (QED) is 0.437. The first-order valence-corrected chi connectivity index (χ1v) is 13.3. The summed E-state index contributed by atoms with van der Waals surface area (Å²) in [6.45, 7) is 7.94. The van der Waals surface area contributed by atoms with Crippen molar-refractivity contribution >= 4 is 40.7 Å². The molecular formula is C28H32Cl2FN3O3. The Bertz CT molecular complexity index is 1270. The number of fused-ring (bicyclic) bond motifs is 2. The van der Waals surface area contributed by atoms with Crippen molar-refractivity contribution in [1.82, 2.24) is 10.6 Å². The first-order valence-electron chi connectivity index (χ1n) is 12.6. The van der Waals surface area contributed by atoms with Crippen molar-refractivity contribution in [2.45, 2.75) is 82.0 Å². The summed E-state index contributed by atoms with van der Waals surface area (Å²) in [5.74, 6) is -1.88. The van der Waals surface area contributed by atoms with E-state index < -0.39 is 34.8 Å². The van der Waals surface area contributed by atoms with Gasteiger partial charge >= 0.3 is 0 Å². The number of hydrogen-bond donors (Lipinski definition) is 4. The third kappa shape index (κ3) is 4.54. The van der Waals surface area contributed by atoms with Crippen molar-refractivity contribution < 1.29 is 19.1 Å². The molecule has 0 bridgehead atoms. The molecule has 6 nitrogen and oxygen atoms in total. The van der Waals surface area contributed by atoms with Crippen LogP contribution in [0.15, 0.2) is 36.4 Å². The van der Waals surface area contributed by atoms with E-state index in [4.69, 9.17) is 23.2 Å². The van der Waals surface area contributed by atoms with Gasteiger partial charge in [-0.25, -0.2) is 4.39 Å². The molecule has 2 aromatic carbocycles. The maximum atomic E-state index is 14.9. The molecule has 3 aliphatic rings. The highest BCUT2D eigenvalue weighted by Crippen LogP contribution is 2.57. The molecule has 198 valence electrons. The van der Waals surface area contributed by atoms with Crippen LogP contribution in [0.5, 0.6) is 0 Å². The summed E-state index contributed by atoms with van der Waals surface area (Å²) in [6.07, 6.45) is 1.46. The van der Waals surface area contributed by atoms with E-state index in [0.717, 1.165) is 0 Å². The zero-order valence-electron chi connectivity index (χ0n) is 21.3. The number of halogens is 3. The highest BCUT2D eigenvalue weighted by molar-refractivity contribution is 6.31. The van der Waals surface area contributed by atoms with Gasteiger partial charge in [0.25, 0.3) is 0 Å². The van der Waals surface area contributed by atoms with Crippen molar-refractivity contribution in [3.8, 4) is 0 Å². The fourth-order valence-corrected chi connectivity index (χ4v) is 6.89. The molecule has 0 aromatic heterocycles. The second-order valence-corrected chi connectivity index (χ2v) is 13.1. The van der Waals surface area contributed by atoms with Crippen LogP contribution in [0.25, 0.3) is 0 Å². The number of anilines is 1. The minimum absolute atomic E-state index is 0.0833. The van der Waals surface area contributed by atoms with Crippen molar-refractivity contribution in [2.24, 2.45) is 5.41 Å². The van der Waals surface area contributed by atoms with Crippen LogP contribution in [0.3, 0.4) is 0 Å². The lowest BCUT2D eigenvalue weighted by Crippen LogP contribution is -2.57. The minimum atomic E-state index is -1.29. The van der Waals surface area contributed by atoms with Crippen LogP contribution in [0, 0.1) is 11.2 Å².